The highest BCUT2D eigenvalue weighted by molar-refractivity contribution is 5.84. The first-order chi connectivity index (χ1) is 7.74. The summed E-state index contributed by atoms with van der Waals surface area (Å²) in [7, 11) is 0. The van der Waals surface area contributed by atoms with Crippen LogP contribution in [0.25, 0.3) is 5.57 Å². The minimum Gasteiger partial charge on any atom is -0.384 e. The predicted octanol–water partition coefficient (Wildman–Crippen LogP) is 3.97. The van der Waals surface area contributed by atoms with Crippen molar-refractivity contribution in [2.45, 2.75) is 27.7 Å². The summed E-state index contributed by atoms with van der Waals surface area (Å²) in [4.78, 5) is 0. The van der Waals surface area contributed by atoms with Gasteiger partial charge in [0.05, 0.1) is 11.4 Å². The molecule has 0 heterocycles. The normalized spacial score (nSPS) is 11.4. The molecule has 0 unspecified atom stereocenters. The number of benzene rings is 1. The maximum Gasteiger partial charge on any atom is 0.0652 e. The fraction of sp³-hybridized carbons (Fsp3) is 0.429. The predicted molar refractivity (Wildman–Crippen MR) is 74.1 cm³/mol. The minimum atomic E-state index is 0.937. The Balaban J connectivity index is 3.20. The highest BCUT2D eigenvalue weighted by Crippen LogP contribution is 2.30. The molecule has 0 atom stereocenters. The van der Waals surface area contributed by atoms with Gasteiger partial charge in [0.15, 0.2) is 0 Å². The molecule has 0 saturated heterocycles. The van der Waals surface area contributed by atoms with Crippen molar-refractivity contribution in [1.82, 2.24) is 0 Å². The lowest BCUT2D eigenvalue weighted by Crippen LogP contribution is -2.06. The number of allylic oxidation sites excluding steroid dienone is 2. The minimum absolute atomic E-state index is 0.937. The van der Waals surface area contributed by atoms with E-state index >= 15 is 0 Å². The third kappa shape index (κ3) is 2.78. The maximum atomic E-state index is 3.44. The molecule has 1 rings (SSSR count). The van der Waals surface area contributed by atoms with E-state index in [4.69, 9.17) is 0 Å². The summed E-state index contributed by atoms with van der Waals surface area (Å²) in [6.45, 7) is 10.3. The second-order valence-corrected chi connectivity index (χ2v) is 3.76. The van der Waals surface area contributed by atoms with Gasteiger partial charge in [0, 0.05) is 18.7 Å². The largest absolute Gasteiger partial charge is 0.384 e. The number of para-hydroxylation sites is 1. The van der Waals surface area contributed by atoms with Crippen LogP contribution in [0.4, 0.5) is 11.4 Å². The molecule has 0 fully saturated rings. The lowest BCUT2D eigenvalue weighted by Gasteiger charge is -2.16. The third-order valence-corrected chi connectivity index (χ3v) is 2.64. The van der Waals surface area contributed by atoms with E-state index in [1.165, 1.54) is 22.5 Å². The molecule has 2 N–H and O–H groups in total. The van der Waals surface area contributed by atoms with Gasteiger partial charge in [0.1, 0.15) is 0 Å². The van der Waals surface area contributed by atoms with Crippen molar-refractivity contribution >= 4 is 16.9 Å². The van der Waals surface area contributed by atoms with Crippen LogP contribution in [0.15, 0.2) is 24.3 Å². The smallest absolute Gasteiger partial charge is 0.0652 e. The van der Waals surface area contributed by atoms with Gasteiger partial charge < -0.3 is 10.6 Å². The molecule has 16 heavy (non-hydrogen) atoms. The van der Waals surface area contributed by atoms with E-state index in [1.807, 2.05) is 0 Å². The van der Waals surface area contributed by atoms with Crippen LogP contribution in [0.2, 0.25) is 0 Å². The van der Waals surface area contributed by atoms with Crippen LogP contribution in [0.3, 0.4) is 0 Å². The van der Waals surface area contributed by atoms with Crippen LogP contribution in [0, 0.1) is 0 Å². The number of rotatable bonds is 5. The van der Waals surface area contributed by atoms with Gasteiger partial charge in [0.25, 0.3) is 0 Å². The monoisotopic (exact) mass is 218 g/mol. The molecule has 1 aromatic rings. The van der Waals surface area contributed by atoms with Crippen LogP contribution < -0.4 is 10.6 Å². The average molecular weight is 218 g/mol. The van der Waals surface area contributed by atoms with Crippen molar-refractivity contribution in [2.75, 3.05) is 23.7 Å². The standard InChI is InChI=1S/C14H22N2/c1-5-11(4)12-9-8-10-13(15-6-2)14(12)16-7-3/h5,8-10,15-16H,6-7H2,1-4H3/b11-5-. The van der Waals surface area contributed by atoms with Gasteiger partial charge in [0.2, 0.25) is 0 Å². The highest BCUT2D eigenvalue weighted by Gasteiger charge is 2.07. The second-order valence-electron chi connectivity index (χ2n) is 3.76. The molecule has 0 saturated carbocycles. The second kappa shape index (κ2) is 6.21. The van der Waals surface area contributed by atoms with E-state index in [-0.39, 0.29) is 0 Å². The Morgan fingerprint density at radius 1 is 1.19 bits per heavy atom. The van der Waals surface area contributed by atoms with Crippen LogP contribution in [-0.4, -0.2) is 13.1 Å². The van der Waals surface area contributed by atoms with Crippen LogP contribution in [-0.2, 0) is 0 Å². The molecule has 2 heteroatoms. The van der Waals surface area contributed by atoms with Crippen molar-refractivity contribution in [3.8, 4) is 0 Å². The quantitative estimate of drug-likeness (QED) is 0.781. The molecule has 0 aliphatic heterocycles. The summed E-state index contributed by atoms with van der Waals surface area (Å²) in [5.74, 6) is 0. The Labute approximate surface area is 98.8 Å². The molecule has 0 radical (unpaired) electrons. The molecule has 0 amide bonds. The Hall–Kier alpha value is -1.44. The first-order valence-electron chi connectivity index (χ1n) is 5.98. The SMILES string of the molecule is C/C=C(/C)c1cccc(NCC)c1NCC. The molecule has 0 aliphatic carbocycles. The maximum absolute atomic E-state index is 3.44. The summed E-state index contributed by atoms with van der Waals surface area (Å²) in [5.41, 5.74) is 4.98. The van der Waals surface area contributed by atoms with Crippen LogP contribution in [0.5, 0.6) is 0 Å². The van der Waals surface area contributed by atoms with Gasteiger partial charge >= 0.3 is 0 Å². The van der Waals surface area contributed by atoms with E-state index in [2.05, 4.69) is 62.6 Å². The summed E-state index contributed by atoms with van der Waals surface area (Å²) in [6.07, 6.45) is 2.14. The zero-order valence-corrected chi connectivity index (χ0v) is 10.7. The first kappa shape index (κ1) is 12.6. The topological polar surface area (TPSA) is 24.1 Å². The van der Waals surface area contributed by atoms with Crippen molar-refractivity contribution in [3.63, 3.8) is 0 Å². The molecule has 2 nitrogen and oxygen atoms in total. The molecule has 0 spiro atoms. The fourth-order valence-corrected chi connectivity index (χ4v) is 1.74. The van der Waals surface area contributed by atoms with Gasteiger partial charge in [-0.3, -0.25) is 0 Å². The lowest BCUT2D eigenvalue weighted by molar-refractivity contribution is 1.18. The van der Waals surface area contributed by atoms with Crippen molar-refractivity contribution < 1.29 is 0 Å². The van der Waals surface area contributed by atoms with E-state index in [1.54, 1.807) is 0 Å². The van der Waals surface area contributed by atoms with E-state index in [0.29, 0.717) is 0 Å². The number of hydrogen-bond acceptors (Lipinski definition) is 2. The molecule has 0 aromatic heterocycles. The Morgan fingerprint density at radius 2 is 1.88 bits per heavy atom. The van der Waals surface area contributed by atoms with Gasteiger partial charge in [-0.2, -0.15) is 0 Å². The van der Waals surface area contributed by atoms with Crippen molar-refractivity contribution in [2.24, 2.45) is 0 Å². The number of hydrogen-bond donors (Lipinski definition) is 2. The van der Waals surface area contributed by atoms with Crippen molar-refractivity contribution in [1.29, 1.82) is 0 Å². The highest BCUT2D eigenvalue weighted by atomic mass is 14.9. The van der Waals surface area contributed by atoms with Crippen molar-refractivity contribution in [3.05, 3.63) is 29.8 Å². The molecule has 88 valence electrons. The average Bonchev–Trinajstić information content (AvgIpc) is 2.31. The van der Waals surface area contributed by atoms with Crippen LogP contribution >= 0.6 is 0 Å². The fourth-order valence-electron chi connectivity index (χ4n) is 1.74. The zero-order chi connectivity index (χ0) is 12.0. The molecular formula is C14H22N2. The van der Waals surface area contributed by atoms with E-state index in [0.717, 1.165) is 13.1 Å². The summed E-state index contributed by atoms with van der Waals surface area (Å²) in [6, 6.07) is 6.38. The third-order valence-electron chi connectivity index (χ3n) is 2.64. The van der Waals surface area contributed by atoms with E-state index in [9.17, 15) is 0 Å². The lowest BCUT2D eigenvalue weighted by atomic mass is 10.0. The Kier molecular flexibility index (Phi) is 4.90. The van der Waals surface area contributed by atoms with Gasteiger partial charge in [-0.25, -0.2) is 0 Å². The summed E-state index contributed by atoms with van der Waals surface area (Å²) < 4.78 is 0. The first-order valence-corrected chi connectivity index (χ1v) is 5.98. The molecular weight excluding hydrogens is 196 g/mol. The summed E-state index contributed by atoms with van der Waals surface area (Å²) in [5, 5.41) is 6.83. The van der Waals surface area contributed by atoms with Crippen LogP contribution in [0.1, 0.15) is 33.3 Å². The number of anilines is 2. The number of nitrogens with one attached hydrogen (secondary N) is 2. The van der Waals surface area contributed by atoms with Gasteiger partial charge in [-0.05, 0) is 39.3 Å². The Morgan fingerprint density at radius 3 is 2.44 bits per heavy atom. The molecule has 1 aromatic carbocycles. The van der Waals surface area contributed by atoms with Gasteiger partial charge in [-0.1, -0.05) is 18.2 Å². The molecule has 0 bridgehead atoms. The molecule has 0 aliphatic rings. The zero-order valence-electron chi connectivity index (χ0n) is 10.7. The Bertz CT molecular complexity index is 367. The summed E-state index contributed by atoms with van der Waals surface area (Å²) >= 11 is 0. The van der Waals surface area contributed by atoms with E-state index < -0.39 is 0 Å². The van der Waals surface area contributed by atoms with Gasteiger partial charge in [-0.15, -0.1) is 0 Å².